The molecule has 0 spiro atoms. The third kappa shape index (κ3) is 2.62. The van der Waals surface area contributed by atoms with Gasteiger partial charge < -0.3 is 4.84 Å². The summed E-state index contributed by atoms with van der Waals surface area (Å²) in [4.78, 5) is 8.30. The second-order valence-electron chi connectivity index (χ2n) is 3.01. The molecule has 0 atom stereocenters. The van der Waals surface area contributed by atoms with Crippen LogP contribution in [0.1, 0.15) is 20.8 Å². The summed E-state index contributed by atoms with van der Waals surface area (Å²) in [5.74, 6) is 0.620. The quantitative estimate of drug-likeness (QED) is 0.311. The molecule has 3 nitrogen and oxygen atoms in total. The summed E-state index contributed by atoms with van der Waals surface area (Å²) in [6, 6.07) is 0. The fourth-order valence-corrected chi connectivity index (χ4v) is 0.489. The lowest BCUT2D eigenvalue weighted by Gasteiger charge is -2.15. The summed E-state index contributed by atoms with van der Waals surface area (Å²) < 4.78 is 0. The number of nitrogens with zero attached hydrogens (tertiary/aromatic N) is 2. The van der Waals surface area contributed by atoms with Crippen LogP contribution in [0.15, 0.2) is 10.1 Å². The van der Waals surface area contributed by atoms with Crippen LogP contribution in [0.4, 0.5) is 0 Å². The SMILES string of the molecule is C=N/C(=N\OC)C(C)(C)C. The van der Waals surface area contributed by atoms with E-state index in [1.165, 1.54) is 7.11 Å². The summed E-state index contributed by atoms with van der Waals surface area (Å²) in [6.07, 6.45) is 0. The second kappa shape index (κ2) is 3.34. The van der Waals surface area contributed by atoms with Gasteiger partial charge in [0.05, 0.1) is 0 Å². The molecule has 0 aliphatic carbocycles. The van der Waals surface area contributed by atoms with E-state index in [-0.39, 0.29) is 5.41 Å². The molecule has 0 bridgehead atoms. The summed E-state index contributed by atoms with van der Waals surface area (Å²) in [7, 11) is 1.50. The number of rotatable bonds is 1. The van der Waals surface area contributed by atoms with E-state index in [1.54, 1.807) is 0 Å². The minimum Gasteiger partial charge on any atom is -0.398 e. The highest BCUT2D eigenvalue weighted by atomic mass is 16.6. The molecule has 3 heteroatoms. The summed E-state index contributed by atoms with van der Waals surface area (Å²) >= 11 is 0. The van der Waals surface area contributed by atoms with Gasteiger partial charge in [0.15, 0.2) is 5.84 Å². The Labute approximate surface area is 61.8 Å². The summed E-state index contributed by atoms with van der Waals surface area (Å²) in [5.41, 5.74) is -0.0856. The monoisotopic (exact) mass is 142 g/mol. The Morgan fingerprint density at radius 3 is 2.00 bits per heavy atom. The van der Waals surface area contributed by atoms with Crippen molar-refractivity contribution in [1.82, 2.24) is 0 Å². The third-order valence-corrected chi connectivity index (χ3v) is 0.998. The maximum absolute atomic E-state index is 4.58. The van der Waals surface area contributed by atoms with Crippen molar-refractivity contribution in [3.63, 3.8) is 0 Å². The van der Waals surface area contributed by atoms with Crippen LogP contribution in [0.2, 0.25) is 0 Å². The summed E-state index contributed by atoms with van der Waals surface area (Å²) in [5, 5.41) is 3.70. The molecule has 0 rings (SSSR count). The van der Waals surface area contributed by atoms with Crippen molar-refractivity contribution in [2.24, 2.45) is 15.6 Å². The van der Waals surface area contributed by atoms with Gasteiger partial charge in [0.2, 0.25) is 0 Å². The molecule has 0 heterocycles. The van der Waals surface area contributed by atoms with Crippen LogP contribution in [-0.2, 0) is 4.84 Å². The van der Waals surface area contributed by atoms with Crippen LogP contribution in [0, 0.1) is 5.41 Å². The minimum absolute atomic E-state index is 0.0856. The second-order valence-corrected chi connectivity index (χ2v) is 3.01. The topological polar surface area (TPSA) is 34.0 Å². The smallest absolute Gasteiger partial charge is 0.172 e. The molecule has 0 radical (unpaired) electrons. The minimum atomic E-state index is -0.0856. The molecule has 0 N–H and O–H groups in total. The molecule has 0 fully saturated rings. The Kier molecular flexibility index (Phi) is 3.06. The molecular weight excluding hydrogens is 128 g/mol. The van der Waals surface area contributed by atoms with Crippen molar-refractivity contribution in [1.29, 1.82) is 0 Å². The van der Waals surface area contributed by atoms with Crippen molar-refractivity contribution in [3.05, 3.63) is 0 Å². The average molecular weight is 142 g/mol. The molecule has 0 aromatic heterocycles. The Balaban J connectivity index is 4.36. The van der Waals surface area contributed by atoms with Crippen molar-refractivity contribution >= 4 is 12.6 Å². The van der Waals surface area contributed by atoms with Gasteiger partial charge in [-0.05, 0) is 6.72 Å². The molecule has 0 amide bonds. The van der Waals surface area contributed by atoms with E-state index < -0.39 is 0 Å². The van der Waals surface area contributed by atoms with Gasteiger partial charge in [-0.3, -0.25) is 0 Å². The van der Waals surface area contributed by atoms with Crippen LogP contribution in [0.3, 0.4) is 0 Å². The highest BCUT2D eigenvalue weighted by Gasteiger charge is 2.17. The van der Waals surface area contributed by atoms with Crippen molar-refractivity contribution in [2.45, 2.75) is 20.8 Å². The zero-order valence-corrected chi connectivity index (χ0v) is 7.01. The average Bonchev–Trinajstić information content (AvgIpc) is 1.80. The number of aliphatic imine (C=N–C) groups is 1. The fourth-order valence-electron chi connectivity index (χ4n) is 0.489. The highest BCUT2D eigenvalue weighted by Crippen LogP contribution is 2.16. The van der Waals surface area contributed by atoms with Gasteiger partial charge in [0.1, 0.15) is 7.11 Å². The van der Waals surface area contributed by atoms with E-state index in [0.717, 1.165) is 0 Å². The first-order chi connectivity index (χ1) is 4.52. The van der Waals surface area contributed by atoms with Gasteiger partial charge in [-0.2, -0.15) is 0 Å². The van der Waals surface area contributed by atoms with E-state index in [0.29, 0.717) is 5.84 Å². The lowest BCUT2D eigenvalue weighted by atomic mass is 9.95. The predicted molar refractivity (Wildman–Crippen MR) is 43.4 cm³/mol. The van der Waals surface area contributed by atoms with Crippen molar-refractivity contribution in [3.8, 4) is 0 Å². The number of oxime groups is 1. The van der Waals surface area contributed by atoms with Gasteiger partial charge in [-0.15, -0.1) is 0 Å². The Hall–Kier alpha value is -0.860. The van der Waals surface area contributed by atoms with Crippen molar-refractivity contribution in [2.75, 3.05) is 7.11 Å². The van der Waals surface area contributed by atoms with Gasteiger partial charge in [-0.25, -0.2) is 4.99 Å². The zero-order chi connectivity index (χ0) is 8.20. The molecular formula is C7H14N2O. The third-order valence-electron chi connectivity index (χ3n) is 0.998. The Bertz CT molecular complexity index is 144. The van der Waals surface area contributed by atoms with E-state index in [9.17, 15) is 0 Å². The van der Waals surface area contributed by atoms with E-state index in [2.05, 4.69) is 21.7 Å². The van der Waals surface area contributed by atoms with Gasteiger partial charge in [0.25, 0.3) is 0 Å². The molecule has 10 heavy (non-hydrogen) atoms. The number of hydrogen-bond acceptors (Lipinski definition) is 2. The lowest BCUT2D eigenvalue weighted by molar-refractivity contribution is 0.208. The van der Waals surface area contributed by atoms with Crippen molar-refractivity contribution < 1.29 is 4.84 Å². The van der Waals surface area contributed by atoms with E-state index in [4.69, 9.17) is 0 Å². The molecule has 0 aliphatic rings. The van der Waals surface area contributed by atoms with E-state index in [1.807, 2.05) is 20.8 Å². The molecule has 0 saturated carbocycles. The summed E-state index contributed by atoms with van der Waals surface area (Å²) in [6.45, 7) is 9.38. The largest absolute Gasteiger partial charge is 0.398 e. The van der Waals surface area contributed by atoms with Gasteiger partial charge >= 0.3 is 0 Å². The first-order valence-corrected chi connectivity index (χ1v) is 3.10. The van der Waals surface area contributed by atoms with E-state index >= 15 is 0 Å². The van der Waals surface area contributed by atoms with Crippen LogP contribution >= 0.6 is 0 Å². The first-order valence-electron chi connectivity index (χ1n) is 3.10. The standard InChI is InChI=1S/C7H14N2O/c1-7(2,3)6(8-4)9-10-5/h4H2,1-3,5H3/b9-6-. The normalized spacial score (nSPS) is 13.0. The fraction of sp³-hybridized carbons (Fsp3) is 0.714. The zero-order valence-electron chi connectivity index (χ0n) is 7.01. The molecule has 0 unspecified atom stereocenters. The van der Waals surface area contributed by atoms with Crippen LogP contribution < -0.4 is 0 Å². The van der Waals surface area contributed by atoms with Gasteiger partial charge in [-0.1, -0.05) is 25.9 Å². The predicted octanol–water partition coefficient (Wildman–Crippen LogP) is 1.69. The first kappa shape index (κ1) is 9.14. The maximum Gasteiger partial charge on any atom is 0.172 e. The molecule has 58 valence electrons. The number of amidine groups is 1. The molecule has 0 saturated heterocycles. The van der Waals surface area contributed by atoms with Crippen LogP contribution in [-0.4, -0.2) is 19.7 Å². The Morgan fingerprint density at radius 1 is 1.40 bits per heavy atom. The molecule has 0 aromatic rings. The number of hydrogen-bond donors (Lipinski definition) is 0. The highest BCUT2D eigenvalue weighted by molar-refractivity contribution is 5.90. The van der Waals surface area contributed by atoms with Gasteiger partial charge in [0, 0.05) is 5.41 Å². The van der Waals surface area contributed by atoms with Crippen LogP contribution in [0.25, 0.3) is 0 Å². The maximum atomic E-state index is 4.58. The molecule has 0 aromatic carbocycles. The molecule has 0 aliphatic heterocycles. The lowest BCUT2D eigenvalue weighted by Crippen LogP contribution is -2.17. The van der Waals surface area contributed by atoms with Crippen LogP contribution in [0.5, 0.6) is 0 Å². The Morgan fingerprint density at radius 2 is 1.90 bits per heavy atom.